The highest BCUT2D eigenvalue weighted by Crippen LogP contribution is 2.35. The van der Waals surface area contributed by atoms with Crippen LogP contribution in [0.5, 0.6) is 5.75 Å². The number of nitrogens with zero attached hydrogens (tertiary/aromatic N) is 1. The van der Waals surface area contributed by atoms with Gasteiger partial charge < -0.3 is 9.64 Å². The zero-order chi connectivity index (χ0) is 16.2. The van der Waals surface area contributed by atoms with Gasteiger partial charge in [-0.15, -0.1) is 0 Å². The fraction of sp³-hybridized carbons (Fsp3) is 0.632. The Morgan fingerprint density at radius 1 is 1.13 bits per heavy atom. The molecule has 126 valence electrons. The number of benzene rings is 1. The van der Waals surface area contributed by atoms with Gasteiger partial charge in [0.1, 0.15) is 0 Å². The summed E-state index contributed by atoms with van der Waals surface area (Å²) >= 11 is 0. The van der Waals surface area contributed by atoms with Crippen molar-refractivity contribution in [3.63, 3.8) is 0 Å². The van der Waals surface area contributed by atoms with Gasteiger partial charge in [0.15, 0.2) is 11.6 Å². The molecule has 0 radical (unpaired) electrons. The first-order chi connectivity index (χ1) is 11.1. The van der Waals surface area contributed by atoms with Crippen molar-refractivity contribution in [2.24, 2.45) is 5.92 Å². The maximum Gasteiger partial charge on any atom is 0.226 e. The first-order valence-electron chi connectivity index (χ1n) is 8.83. The molecule has 23 heavy (non-hydrogen) atoms. The van der Waals surface area contributed by atoms with E-state index in [-0.39, 0.29) is 24.1 Å². The molecule has 2 aliphatic rings. The molecule has 0 N–H and O–H groups in total. The fourth-order valence-electron chi connectivity index (χ4n) is 3.52. The summed E-state index contributed by atoms with van der Waals surface area (Å²) in [6.07, 6.45) is 7.27. The second kappa shape index (κ2) is 7.33. The van der Waals surface area contributed by atoms with Gasteiger partial charge >= 0.3 is 0 Å². The molecule has 0 aliphatic heterocycles. The lowest BCUT2D eigenvalue weighted by Gasteiger charge is -2.36. The Bertz CT molecular complexity index is 536. The van der Waals surface area contributed by atoms with E-state index in [0.29, 0.717) is 18.5 Å². The van der Waals surface area contributed by atoms with Crippen LogP contribution >= 0.6 is 0 Å². The summed E-state index contributed by atoms with van der Waals surface area (Å²) in [4.78, 5) is 14.8. The molecule has 1 amide bonds. The number of amides is 1. The Morgan fingerprint density at radius 3 is 2.35 bits per heavy atom. The van der Waals surface area contributed by atoms with Crippen molar-refractivity contribution in [1.82, 2.24) is 4.90 Å². The van der Waals surface area contributed by atoms with Crippen LogP contribution in [-0.4, -0.2) is 29.5 Å². The maximum absolute atomic E-state index is 13.5. The highest BCUT2D eigenvalue weighted by Gasteiger charge is 2.38. The fourth-order valence-corrected chi connectivity index (χ4v) is 3.52. The van der Waals surface area contributed by atoms with E-state index in [4.69, 9.17) is 4.74 Å². The third kappa shape index (κ3) is 4.24. The van der Waals surface area contributed by atoms with E-state index in [1.807, 2.05) is 0 Å². The van der Waals surface area contributed by atoms with Crippen LogP contribution in [0.15, 0.2) is 24.3 Å². The van der Waals surface area contributed by atoms with Crippen LogP contribution in [0.4, 0.5) is 4.39 Å². The molecule has 3 nitrogen and oxygen atoms in total. The van der Waals surface area contributed by atoms with Gasteiger partial charge in [0, 0.05) is 12.1 Å². The molecule has 0 heterocycles. The van der Waals surface area contributed by atoms with Crippen molar-refractivity contribution < 1.29 is 13.9 Å². The Morgan fingerprint density at radius 2 is 1.74 bits per heavy atom. The summed E-state index contributed by atoms with van der Waals surface area (Å²) in [6.45, 7) is 2.54. The number of carbonyl (C=O) groups excluding carboxylic acids is 1. The van der Waals surface area contributed by atoms with Gasteiger partial charge in [-0.2, -0.15) is 0 Å². The molecule has 0 atom stereocenters. The van der Waals surface area contributed by atoms with E-state index in [2.05, 4.69) is 11.8 Å². The molecule has 0 bridgehead atoms. The Kier molecular flexibility index (Phi) is 5.19. The topological polar surface area (TPSA) is 29.5 Å². The van der Waals surface area contributed by atoms with Gasteiger partial charge in [0.2, 0.25) is 5.91 Å². The highest BCUT2D eigenvalue weighted by molar-refractivity contribution is 5.77. The van der Waals surface area contributed by atoms with E-state index in [9.17, 15) is 9.18 Å². The quantitative estimate of drug-likeness (QED) is 0.788. The second-order valence-electron chi connectivity index (χ2n) is 6.97. The van der Waals surface area contributed by atoms with Crippen molar-refractivity contribution in [3.8, 4) is 5.75 Å². The van der Waals surface area contributed by atoms with Gasteiger partial charge in [-0.05, 0) is 56.6 Å². The van der Waals surface area contributed by atoms with Crippen molar-refractivity contribution >= 4 is 5.91 Å². The monoisotopic (exact) mass is 319 g/mol. The minimum atomic E-state index is -0.375. The van der Waals surface area contributed by atoms with Crippen LogP contribution in [0, 0.1) is 11.7 Å². The number of ether oxygens (including phenoxy) is 1. The summed E-state index contributed by atoms with van der Waals surface area (Å²) in [6, 6.07) is 7.18. The van der Waals surface area contributed by atoms with Gasteiger partial charge in [-0.25, -0.2) is 4.39 Å². The second-order valence-corrected chi connectivity index (χ2v) is 6.97. The first kappa shape index (κ1) is 16.3. The average Bonchev–Trinajstić information content (AvgIpc) is 3.36. The number of halogens is 1. The molecular formula is C19H26FNO2. The summed E-state index contributed by atoms with van der Waals surface area (Å²) in [5.74, 6) is 0.806. The number of hydrogen-bond acceptors (Lipinski definition) is 2. The van der Waals surface area contributed by atoms with Gasteiger partial charge in [0.25, 0.3) is 0 Å². The van der Waals surface area contributed by atoms with E-state index in [1.54, 1.807) is 18.2 Å². The molecule has 4 heteroatoms. The number of rotatable bonds is 6. The molecule has 0 spiro atoms. The molecule has 2 aliphatic carbocycles. The van der Waals surface area contributed by atoms with Gasteiger partial charge in [-0.3, -0.25) is 4.79 Å². The van der Waals surface area contributed by atoms with E-state index >= 15 is 0 Å². The third-order valence-electron chi connectivity index (χ3n) is 5.02. The summed E-state index contributed by atoms with van der Waals surface area (Å²) < 4.78 is 19.0. The molecule has 1 aromatic rings. The smallest absolute Gasteiger partial charge is 0.226 e. The molecule has 0 unspecified atom stereocenters. The lowest BCUT2D eigenvalue weighted by molar-refractivity contribution is -0.135. The van der Waals surface area contributed by atoms with Gasteiger partial charge in [0.05, 0.1) is 13.0 Å². The van der Waals surface area contributed by atoms with Crippen LogP contribution in [-0.2, 0) is 4.79 Å². The number of hydrogen-bond donors (Lipinski definition) is 0. The predicted molar refractivity (Wildman–Crippen MR) is 87.8 cm³/mol. The molecular weight excluding hydrogens is 293 g/mol. The van der Waals surface area contributed by atoms with Crippen molar-refractivity contribution in [2.45, 2.75) is 64.0 Å². The summed E-state index contributed by atoms with van der Waals surface area (Å²) in [7, 11) is 0. The SMILES string of the molecule is CC1CCC(N(C(=O)CCOc2ccccc2F)C2CC2)CC1. The van der Waals surface area contributed by atoms with Crippen LogP contribution in [0.1, 0.15) is 51.9 Å². The minimum absolute atomic E-state index is 0.170. The minimum Gasteiger partial charge on any atom is -0.490 e. The molecule has 3 rings (SSSR count). The Labute approximate surface area is 137 Å². The lowest BCUT2D eigenvalue weighted by Crippen LogP contribution is -2.44. The van der Waals surface area contributed by atoms with Crippen molar-refractivity contribution in [2.75, 3.05) is 6.61 Å². The summed E-state index contributed by atoms with van der Waals surface area (Å²) in [5.41, 5.74) is 0. The average molecular weight is 319 g/mol. The summed E-state index contributed by atoms with van der Waals surface area (Å²) in [5, 5.41) is 0. The normalized spacial score (nSPS) is 24.3. The predicted octanol–water partition coefficient (Wildman–Crippen LogP) is 4.16. The van der Waals surface area contributed by atoms with E-state index in [1.165, 1.54) is 18.9 Å². The van der Waals surface area contributed by atoms with Crippen LogP contribution < -0.4 is 4.74 Å². The first-order valence-corrected chi connectivity index (χ1v) is 8.83. The number of para-hydroxylation sites is 1. The van der Waals surface area contributed by atoms with E-state index < -0.39 is 0 Å². The largest absolute Gasteiger partial charge is 0.490 e. The molecule has 1 aromatic carbocycles. The molecule has 2 saturated carbocycles. The lowest BCUT2D eigenvalue weighted by atomic mass is 9.86. The number of carbonyl (C=O) groups is 1. The highest BCUT2D eigenvalue weighted by atomic mass is 19.1. The van der Waals surface area contributed by atoms with Crippen molar-refractivity contribution in [1.29, 1.82) is 0 Å². The van der Waals surface area contributed by atoms with Crippen LogP contribution in [0.2, 0.25) is 0 Å². The molecule has 2 fully saturated rings. The van der Waals surface area contributed by atoms with Crippen LogP contribution in [0.25, 0.3) is 0 Å². The zero-order valence-corrected chi connectivity index (χ0v) is 13.8. The van der Waals surface area contributed by atoms with E-state index in [0.717, 1.165) is 31.6 Å². The van der Waals surface area contributed by atoms with Crippen molar-refractivity contribution in [3.05, 3.63) is 30.1 Å². The maximum atomic E-state index is 13.5. The Balaban J connectivity index is 1.52. The third-order valence-corrected chi connectivity index (χ3v) is 5.02. The Hall–Kier alpha value is -1.58. The standard InChI is InChI=1S/C19H26FNO2/c1-14-6-8-15(9-7-14)21(16-10-11-16)19(22)12-13-23-18-5-3-2-4-17(18)20/h2-5,14-16H,6-13H2,1H3. The van der Waals surface area contributed by atoms with Gasteiger partial charge in [-0.1, -0.05) is 19.1 Å². The molecule has 0 saturated heterocycles. The van der Waals surface area contributed by atoms with Crippen LogP contribution in [0.3, 0.4) is 0 Å². The molecule has 0 aromatic heterocycles. The zero-order valence-electron chi connectivity index (χ0n) is 13.8.